The predicted molar refractivity (Wildman–Crippen MR) is 155 cm³/mol. The molecule has 13 heteroatoms. The van der Waals surface area contributed by atoms with Gasteiger partial charge in [0.25, 0.3) is 0 Å². The Hall–Kier alpha value is -1.84. The Morgan fingerprint density at radius 2 is 0.675 bits per heavy atom. The molecule has 0 aliphatic rings. The van der Waals surface area contributed by atoms with Crippen LogP contribution >= 0.6 is 22.8 Å². The Morgan fingerprint density at radius 3 is 0.850 bits per heavy atom. The minimum Gasteiger partial charge on any atom is -0.769 e. The van der Waals surface area contributed by atoms with Gasteiger partial charge in [-0.3, -0.25) is 13.7 Å². The Bertz CT molecular complexity index is 1050. The molecule has 0 fully saturated rings. The molecule has 0 aliphatic heterocycles. The molecule has 0 aliphatic carbocycles. The van der Waals surface area contributed by atoms with Crippen molar-refractivity contribution in [3.63, 3.8) is 0 Å². The van der Waals surface area contributed by atoms with Gasteiger partial charge in [0.15, 0.2) is 22.8 Å². The summed E-state index contributed by atoms with van der Waals surface area (Å²) in [5, 5.41) is 0. The largest absolute Gasteiger partial charge is 3.00 e. The standard InChI is InChI=1S/3C9H13O3P.Al/c3*1-2-8-13(10,11)12-9-6-4-3-5-7-9;/h3*3-7H,2,8H2,1H3,(H,10,11);/q;;;+3/p-3. The maximum Gasteiger partial charge on any atom is 3.00 e. The summed E-state index contributed by atoms with van der Waals surface area (Å²) in [7, 11) is -11.0. The van der Waals surface area contributed by atoms with E-state index >= 15 is 0 Å². The molecule has 3 rings (SSSR count). The molecule has 3 aromatic carbocycles. The van der Waals surface area contributed by atoms with E-state index in [-0.39, 0.29) is 35.8 Å². The first kappa shape index (κ1) is 38.2. The minimum atomic E-state index is -3.66. The van der Waals surface area contributed by atoms with Gasteiger partial charge in [-0.1, -0.05) is 75.4 Å². The molecule has 0 N–H and O–H groups in total. The van der Waals surface area contributed by atoms with E-state index < -0.39 is 22.8 Å². The number of hydrogen-bond acceptors (Lipinski definition) is 9. The summed E-state index contributed by atoms with van der Waals surface area (Å²) in [5.41, 5.74) is 0. The first-order valence-electron chi connectivity index (χ1n) is 12.6. The summed E-state index contributed by atoms with van der Waals surface area (Å²) < 4.78 is 48.1. The molecule has 0 saturated carbocycles. The summed E-state index contributed by atoms with van der Waals surface area (Å²) in [4.78, 5) is 33.6. The van der Waals surface area contributed by atoms with E-state index in [1.807, 2.05) is 18.2 Å². The van der Waals surface area contributed by atoms with Crippen molar-refractivity contribution < 1.29 is 41.9 Å². The Labute approximate surface area is 248 Å². The van der Waals surface area contributed by atoms with Crippen LogP contribution in [0.2, 0.25) is 0 Å². The molecule has 0 spiro atoms. The summed E-state index contributed by atoms with van der Waals surface area (Å²) in [5.74, 6) is 1.15. The van der Waals surface area contributed by atoms with Crippen LogP contribution in [0.5, 0.6) is 17.2 Å². The van der Waals surface area contributed by atoms with Gasteiger partial charge in [0.2, 0.25) is 0 Å². The van der Waals surface area contributed by atoms with Crippen LogP contribution in [-0.2, 0) is 13.7 Å². The normalized spacial score (nSPS) is 14.6. The molecule has 0 heterocycles. The van der Waals surface area contributed by atoms with Crippen LogP contribution in [0.1, 0.15) is 40.0 Å². The maximum absolute atomic E-state index is 11.2. The van der Waals surface area contributed by atoms with Crippen LogP contribution in [0.25, 0.3) is 0 Å². The van der Waals surface area contributed by atoms with E-state index in [4.69, 9.17) is 13.6 Å². The fourth-order valence-electron chi connectivity index (χ4n) is 2.88. The SMILES string of the molecule is CCCP(=O)([O-])Oc1ccccc1.CCCP(=O)([O-])Oc1ccccc1.CCCP(=O)([O-])Oc1ccccc1.[Al+3]. The van der Waals surface area contributed by atoms with Gasteiger partial charge in [-0.15, -0.1) is 0 Å². The molecular weight excluding hydrogens is 588 g/mol. The fraction of sp³-hybridized carbons (Fsp3) is 0.333. The van der Waals surface area contributed by atoms with Gasteiger partial charge >= 0.3 is 17.4 Å². The van der Waals surface area contributed by atoms with Gasteiger partial charge in [-0.05, 0) is 55.7 Å². The Balaban J connectivity index is 0.000000563. The zero-order valence-corrected chi connectivity index (χ0v) is 26.8. The number of benzene rings is 3. The van der Waals surface area contributed by atoms with Crippen molar-refractivity contribution in [2.45, 2.75) is 40.0 Å². The van der Waals surface area contributed by atoms with Crippen LogP contribution in [-0.4, -0.2) is 35.8 Å². The molecule has 0 radical (unpaired) electrons. The van der Waals surface area contributed by atoms with Crippen LogP contribution in [0, 0.1) is 0 Å². The van der Waals surface area contributed by atoms with Crippen molar-refractivity contribution in [3.8, 4) is 17.2 Å². The molecule has 3 unspecified atom stereocenters. The Kier molecular flexibility index (Phi) is 19.2. The second-order valence-corrected chi connectivity index (χ2v) is 13.8. The molecule has 0 amide bonds. The summed E-state index contributed by atoms with van der Waals surface area (Å²) >= 11 is 0. The fourth-order valence-corrected chi connectivity index (χ4v) is 6.13. The van der Waals surface area contributed by atoms with Crippen LogP contribution in [0.3, 0.4) is 0 Å². The number of para-hydroxylation sites is 3. The van der Waals surface area contributed by atoms with Crippen LogP contribution < -0.4 is 28.3 Å². The quantitative estimate of drug-likeness (QED) is 0.183. The molecule has 0 bridgehead atoms. The van der Waals surface area contributed by atoms with Gasteiger partial charge in [-0.2, -0.15) is 0 Å². The third-order valence-electron chi connectivity index (χ3n) is 4.46. The van der Waals surface area contributed by atoms with Crippen molar-refractivity contribution in [1.29, 1.82) is 0 Å². The van der Waals surface area contributed by atoms with E-state index in [0.29, 0.717) is 36.5 Å². The number of rotatable bonds is 12. The average Bonchev–Trinajstić information content (AvgIpc) is 2.86. The first-order chi connectivity index (χ1) is 18.4. The van der Waals surface area contributed by atoms with Crippen molar-refractivity contribution in [2.24, 2.45) is 0 Å². The van der Waals surface area contributed by atoms with Crippen LogP contribution in [0.4, 0.5) is 0 Å². The number of hydrogen-bond donors (Lipinski definition) is 0. The van der Waals surface area contributed by atoms with Gasteiger partial charge in [0, 0.05) is 18.5 Å². The molecule has 9 nitrogen and oxygen atoms in total. The molecule has 3 aromatic rings. The zero-order chi connectivity index (χ0) is 29.2. The molecule has 3 atom stereocenters. The molecule has 216 valence electrons. The summed E-state index contributed by atoms with van der Waals surface area (Å²) in [6.45, 7) is 5.41. The van der Waals surface area contributed by atoms with Crippen LogP contribution in [0.15, 0.2) is 91.0 Å². The van der Waals surface area contributed by atoms with Crippen molar-refractivity contribution in [3.05, 3.63) is 91.0 Å². The van der Waals surface area contributed by atoms with Gasteiger partial charge in [0.05, 0.1) is 0 Å². The van der Waals surface area contributed by atoms with E-state index in [1.165, 1.54) is 0 Å². The summed E-state index contributed by atoms with van der Waals surface area (Å²) in [6, 6.07) is 25.6. The third-order valence-corrected chi connectivity index (χ3v) is 8.91. The van der Waals surface area contributed by atoms with Crippen molar-refractivity contribution in [2.75, 3.05) is 18.5 Å². The van der Waals surface area contributed by atoms with Crippen molar-refractivity contribution >= 4 is 40.1 Å². The van der Waals surface area contributed by atoms with E-state index in [1.54, 1.807) is 93.6 Å². The summed E-state index contributed by atoms with van der Waals surface area (Å²) in [6.07, 6.45) is 1.99. The molecule has 40 heavy (non-hydrogen) atoms. The van der Waals surface area contributed by atoms with Crippen molar-refractivity contribution in [1.82, 2.24) is 0 Å². The maximum atomic E-state index is 11.2. The predicted octanol–water partition coefficient (Wildman–Crippen LogP) is 5.71. The zero-order valence-electron chi connectivity index (χ0n) is 23.0. The minimum absolute atomic E-state index is 0. The topological polar surface area (TPSA) is 148 Å². The Morgan fingerprint density at radius 1 is 0.475 bits per heavy atom. The molecule has 0 aromatic heterocycles. The monoisotopic (exact) mass is 624 g/mol. The molecular formula is C27H36AlO9P3. The van der Waals surface area contributed by atoms with E-state index in [0.717, 1.165) is 0 Å². The smallest absolute Gasteiger partial charge is 0.769 e. The first-order valence-corrected chi connectivity index (χ1v) is 17.7. The third kappa shape index (κ3) is 18.5. The van der Waals surface area contributed by atoms with E-state index in [9.17, 15) is 28.4 Å². The van der Waals surface area contributed by atoms with E-state index in [2.05, 4.69) is 0 Å². The second kappa shape index (κ2) is 20.1. The van der Waals surface area contributed by atoms with Gasteiger partial charge in [-0.25, -0.2) is 0 Å². The van der Waals surface area contributed by atoms with Gasteiger partial charge < -0.3 is 28.3 Å². The molecule has 0 saturated heterocycles. The average molecular weight is 624 g/mol. The van der Waals surface area contributed by atoms with Gasteiger partial charge in [0.1, 0.15) is 17.2 Å². The second-order valence-electron chi connectivity index (χ2n) is 8.22.